The second-order valence-corrected chi connectivity index (χ2v) is 6.18. The normalized spacial score (nSPS) is 30.5. The molecule has 2 nitrogen and oxygen atoms in total. The van der Waals surface area contributed by atoms with Crippen molar-refractivity contribution >= 4 is 27.9 Å². The summed E-state index contributed by atoms with van der Waals surface area (Å²) in [6.07, 6.45) is 2.61. The minimum absolute atomic E-state index is 0.550. The summed E-state index contributed by atoms with van der Waals surface area (Å²) in [6, 6.07) is 0.550. The molecule has 1 atom stereocenters. The van der Waals surface area contributed by atoms with Crippen molar-refractivity contribution in [2.75, 3.05) is 18.8 Å². The van der Waals surface area contributed by atoms with E-state index >= 15 is 0 Å². The van der Waals surface area contributed by atoms with Crippen molar-refractivity contribution in [3.05, 3.63) is 0 Å². The van der Waals surface area contributed by atoms with Gasteiger partial charge in [-0.25, -0.2) is 0 Å². The summed E-state index contributed by atoms with van der Waals surface area (Å²) in [6.45, 7) is 4.57. The Balaban J connectivity index is 1.80. The molecular formula is C9H16N2S2. The van der Waals surface area contributed by atoms with Crippen LogP contribution in [0.4, 0.5) is 0 Å². The Morgan fingerprint density at radius 1 is 1.46 bits per heavy atom. The zero-order chi connectivity index (χ0) is 9.10. The highest BCUT2D eigenvalue weighted by Crippen LogP contribution is 2.31. The van der Waals surface area contributed by atoms with Gasteiger partial charge in [-0.15, -0.1) is 0 Å². The lowest BCUT2D eigenvalue weighted by Gasteiger charge is -2.21. The zero-order valence-electron chi connectivity index (χ0n) is 7.95. The third kappa shape index (κ3) is 2.89. The van der Waals surface area contributed by atoms with Crippen molar-refractivity contribution in [3.63, 3.8) is 0 Å². The van der Waals surface area contributed by atoms with E-state index in [-0.39, 0.29) is 0 Å². The lowest BCUT2D eigenvalue weighted by atomic mass is 10.2. The van der Waals surface area contributed by atoms with Crippen LogP contribution in [0.1, 0.15) is 19.8 Å². The summed E-state index contributed by atoms with van der Waals surface area (Å²) in [5, 5.41) is 4.21. The number of aliphatic imine (C=N–C) groups is 1. The number of thioether (sulfide) groups is 2. The first kappa shape index (κ1) is 9.87. The van der Waals surface area contributed by atoms with Gasteiger partial charge >= 0.3 is 0 Å². The number of hydrogen-bond donors (Lipinski definition) is 1. The van der Waals surface area contributed by atoms with Gasteiger partial charge in [0.15, 0.2) is 0 Å². The zero-order valence-corrected chi connectivity index (χ0v) is 9.59. The van der Waals surface area contributed by atoms with Crippen LogP contribution < -0.4 is 5.32 Å². The molecule has 4 heteroatoms. The second-order valence-electron chi connectivity index (χ2n) is 3.62. The predicted octanol–water partition coefficient (Wildman–Crippen LogP) is 1.96. The minimum Gasteiger partial charge on any atom is -0.317 e. The monoisotopic (exact) mass is 216 g/mol. The van der Waals surface area contributed by atoms with Gasteiger partial charge in [-0.2, -0.15) is 0 Å². The van der Waals surface area contributed by atoms with Crippen LogP contribution >= 0.6 is 23.5 Å². The number of nitrogens with zero attached hydrogens (tertiary/aromatic N) is 1. The molecule has 1 unspecified atom stereocenters. The molecule has 2 heterocycles. The molecule has 2 aliphatic heterocycles. The van der Waals surface area contributed by atoms with Crippen molar-refractivity contribution in [2.24, 2.45) is 4.99 Å². The van der Waals surface area contributed by atoms with Crippen molar-refractivity contribution in [2.45, 2.75) is 31.1 Å². The molecule has 0 amide bonds. The van der Waals surface area contributed by atoms with Gasteiger partial charge in [-0.1, -0.05) is 23.5 Å². The number of piperidine rings is 1. The topological polar surface area (TPSA) is 24.4 Å². The van der Waals surface area contributed by atoms with E-state index in [1.807, 2.05) is 23.5 Å². The van der Waals surface area contributed by atoms with Crippen molar-refractivity contribution < 1.29 is 0 Å². The molecule has 0 radical (unpaired) electrons. The summed E-state index contributed by atoms with van der Waals surface area (Å²) >= 11 is 3.94. The molecule has 74 valence electrons. The van der Waals surface area contributed by atoms with Gasteiger partial charge in [-0.3, -0.25) is 4.99 Å². The Morgan fingerprint density at radius 2 is 2.23 bits per heavy atom. The largest absolute Gasteiger partial charge is 0.317 e. The lowest BCUT2D eigenvalue weighted by molar-refractivity contribution is 0.533. The van der Waals surface area contributed by atoms with E-state index in [0.29, 0.717) is 6.04 Å². The Morgan fingerprint density at radius 3 is 2.85 bits per heavy atom. The maximum Gasteiger partial charge on any atom is 0.125 e. The smallest absolute Gasteiger partial charge is 0.125 e. The van der Waals surface area contributed by atoms with Gasteiger partial charge in [-0.05, 0) is 32.9 Å². The van der Waals surface area contributed by atoms with E-state index in [1.165, 1.54) is 36.1 Å². The van der Waals surface area contributed by atoms with E-state index in [2.05, 4.69) is 17.2 Å². The van der Waals surface area contributed by atoms with E-state index in [4.69, 9.17) is 0 Å². The fourth-order valence-corrected chi connectivity index (χ4v) is 4.16. The molecule has 2 rings (SSSR count). The quantitative estimate of drug-likeness (QED) is 0.725. The number of hydrogen-bond acceptors (Lipinski definition) is 4. The molecule has 0 aromatic rings. The molecule has 0 aromatic carbocycles. The van der Waals surface area contributed by atoms with Crippen LogP contribution in [0.15, 0.2) is 4.99 Å². The molecule has 0 spiro atoms. The summed E-state index contributed by atoms with van der Waals surface area (Å²) in [5.41, 5.74) is 0. The molecule has 2 aliphatic rings. The second kappa shape index (κ2) is 4.71. The van der Waals surface area contributed by atoms with Gasteiger partial charge in [0.2, 0.25) is 0 Å². The Bertz CT molecular complexity index is 200. The summed E-state index contributed by atoms with van der Waals surface area (Å²) < 4.78 is 1.33. The first-order valence-electron chi connectivity index (χ1n) is 4.92. The van der Waals surface area contributed by atoms with Crippen LogP contribution in [-0.4, -0.2) is 34.5 Å². The fraction of sp³-hybridized carbons (Fsp3) is 0.889. The van der Waals surface area contributed by atoms with Gasteiger partial charge in [0, 0.05) is 11.0 Å². The van der Waals surface area contributed by atoms with E-state index in [1.54, 1.807) is 0 Å². The Kier molecular flexibility index (Phi) is 3.58. The van der Waals surface area contributed by atoms with Gasteiger partial charge in [0.1, 0.15) is 4.38 Å². The highest BCUT2D eigenvalue weighted by molar-refractivity contribution is 8.39. The number of nitrogens with one attached hydrogen (secondary N) is 1. The molecule has 0 saturated carbocycles. The molecule has 1 fully saturated rings. The predicted molar refractivity (Wildman–Crippen MR) is 62.8 cm³/mol. The summed E-state index contributed by atoms with van der Waals surface area (Å²) in [4.78, 5) is 4.60. The molecular weight excluding hydrogens is 200 g/mol. The Hall–Kier alpha value is 0.330. The van der Waals surface area contributed by atoms with E-state index < -0.39 is 0 Å². The fourth-order valence-electron chi connectivity index (χ4n) is 1.57. The minimum atomic E-state index is 0.550. The molecule has 13 heavy (non-hydrogen) atoms. The standard InChI is InChI=1S/C9H16N2S2/c1-7-6-12-9(11-7)13-8-2-4-10-5-3-8/h7-8,10H,2-6H2,1H3. The highest BCUT2D eigenvalue weighted by atomic mass is 32.2. The Labute approximate surface area is 88.3 Å². The van der Waals surface area contributed by atoms with Crippen LogP contribution in [-0.2, 0) is 0 Å². The lowest BCUT2D eigenvalue weighted by Crippen LogP contribution is -2.29. The maximum atomic E-state index is 4.60. The van der Waals surface area contributed by atoms with Crippen LogP contribution in [0.2, 0.25) is 0 Å². The van der Waals surface area contributed by atoms with Crippen LogP contribution in [0, 0.1) is 0 Å². The van der Waals surface area contributed by atoms with Crippen molar-refractivity contribution in [1.82, 2.24) is 5.32 Å². The average Bonchev–Trinajstić information content (AvgIpc) is 2.53. The molecule has 0 aromatic heterocycles. The first-order chi connectivity index (χ1) is 6.34. The third-order valence-corrected chi connectivity index (χ3v) is 5.08. The first-order valence-corrected chi connectivity index (χ1v) is 6.79. The summed E-state index contributed by atoms with van der Waals surface area (Å²) in [5.74, 6) is 1.19. The molecule has 1 saturated heterocycles. The maximum absolute atomic E-state index is 4.60. The van der Waals surface area contributed by atoms with Crippen LogP contribution in [0.3, 0.4) is 0 Å². The van der Waals surface area contributed by atoms with Crippen molar-refractivity contribution in [1.29, 1.82) is 0 Å². The molecule has 0 aliphatic carbocycles. The van der Waals surface area contributed by atoms with E-state index in [0.717, 1.165) is 5.25 Å². The number of rotatable bonds is 1. The molecule has 0 bridgehead atoms. The molecule has 1 N–H and O–H groups in total. The van der Waals surface area contributed by atoms with Gasteiger partial charge in [0.05, 0.1) is 6.04 Å². The third-order valence-electron chi connectivity index (χ3n) is 2.33. The summed E-state index contributed by atoms with van der Waals surface area (Å²) in [7, 11) is 0. The van der Waals surface area contributed by atoms with E-state index in [9.17, 15) is 0 Å². The van der Waals surface area contributed by atoms with Crippen LogP contribution in [0.25, 0.3) is 0 Å². The van der Waals surface area contributed by atoms with Gasteiger partial charge < -0.3 is 5.32 Å². The van der Waals surface area contributed by atoms with Gasteiger partial charge in [0.25, 0.3) is 0 Å². The highest BCUT2D eigenvalue weighted by Gasteiger charge is 2.20. The van der Waals surface area contributed by atoms with Crippen LogP contribution in [0.5, 0.6) is 0 Å². The average molecular weight is 216 g/mol. The van der Waals surface area contributed by atoms with Crippen molar-refractivity contribution in [3.8, 4) is 0 Å². The SMILES string of the molecule is CC1CSC(SC2CCNCC2)=N1.